The number of piperazine rings is 1. The number of nitrogens with one attached hydrogen (secondary N) is 1. The van der Waals surface area contributed by atoms with Gasteiger partial charge < -0.3 is 14.7 Å². The van der Waals surface area contributed by atoms with Gasteiger partial charge in [0.1, 0.15) is 0 Å². The van der Waals surface area contributed by atoms with Crippen molar-refractivity contribution in [3.8, 4) is 11.5 Å². The first-order chi connectivity index (χ1) is 15.7. The largest absolute Gasteiger partial charge is 0.368 e. The highest BCUT2D eigenvalue weighted by molar-refractivity contribution is 5.91. The van der Waals surface area contributed by atoms with Gasteiger partial charge in [-0.05, 0) is 36.4 Å². The highest BCUT2D eigenvalue weighted by Gasteiger charge is 2.21. The summed E-state index contributed by atoms with van der Waals surface area (Å²) in [5, 5.41) is 8.09. The lowest BCUT2D eigenvalue weighted by Gasteiger charge is -2.36. The predicted octanol–water partition coefficient (Wildman–Crippen LogP) is 3.57. The van der Waals surface area contributed by atoms with Crippen molar-refractivity contribution in [2.75, 3.05) is 36.4 Å². The van der Waals surface area contributed by atoms with Crippen LogP contribution in [0.3, 0.4) is 0 Å². The molecule has 1 amide bonds. The van der Waals surface area contributed by atoms with E-state index in [1.807, 2.05) is 36.5 Å². The number of hydrogen-bond acceptors (Lipinski definition) is 7. The second-order valence-corrected chi connectivity index (χ2v) is 7.88. The van der Waals surface area contributed by atoms with Gasteiger partial charge in [0.2, 0.25) is 5.91 Å². The fourth-order valence-corrected chi connectivity index (χ4v) is 4.04. The Labute approximate surface area is 185 Å². The normalized spacial score (nSPS) is 14.6. The highest BCUT2D eigenvalue weighted by atomic mass is 16.5. The maximum atomic E-state index is 11.2. The number of anilines is 2. The van der Waals surface area contributed by atoms with Crippen molar-refractivity contribution in [2.24, 2.45) is 0 Å². The molecule has 0 aliphatic carbocycles. The molecule has 0 atom stereocenters. The summed E-state index contributed by atoms with van der Waals surface area (Å²) in [5.41, 5.74) is 3.82. The zero-order valence-corrected chi connectivity index (χ0v) is 17.9. The number of para-hydroxylation sites is 1. The first-order valence-corrected chi connectivity index (χ1v) is 10.7. The summed E-state index contributed by atoms with van der Waals surface area (Å²) >= 11 is 0. The number of pyridine rings is 1. The fraction of sp³-hybridized carbons (Fsp3) is 0.250. The Hall–Kier alpha value is -3.78. The van der Waals surface area contributed by atoms with Crippen LogP contribution in [0.2, 0.25) is 0 Å². The van der Waals surface area contributed by atoms with E-state index in [9.17, 15) is 4.79 Å². The molecular weight excluding hydrogens is 404 g/mol. The molecule has 1 aliphatic rings. The lowest BCUT2D eigenvalue weighted by atomic mass is 10.1. The first kappa shape index (κ1) is 20.1. The van der Waals surface area contributed by atoms with Crippen LogP contribution in [0.25, 0.3) is 22.4 Å². The van der Waals surface area contributed by atoms with E-state index in [4.69, 9.17) is 4.52 Å². The fourth-order valence-electron chi connectivity index (χ4n) is 4.04. The predicted molar refractivity (Wildman–Crippen MR) is 123 cm³/mol. The molecule has 0 radical (unpaired) electrons. The Morgan fingerprint density at radius 1 is 1.03 bits per heavy atom. The van der Waals surface area contributed by atoms with E-state index in [1.165, 1.54) is 18.0 Å². The molecule has 0 spiro atoms. The summed E-state index contributed by atoms with van der Waals surface area (Å²) < 4.78 is 5.46. The number of nitrogens with zero attached hydrogens (tertiary/aromatic N) is 5. The van der Waals surface area contributed by atoms with Crippen LogP contribution in [0.15, 0.2) is 65.3 Å². The van der Waals surface area contributed by atoms with E-state index in [0.29, 0.717) is 18.3 Å². The number of hydrogen-bond donors (Lipinski definition) is 1. The minimum absolute atomic E-state index is 0.102. The minimum atomic E-state index is -0.102. The van der Waals surface area contributed by atoms with Gasteiger partial charge in [-0.25, -0.2) is 0 Å². The molecule has 3 heterocycles. The van der Waals surface area contributed by atoms with E-state index in [0.717, 1.165) is 42.9 Å². The van der Waals surface area contributed by atoms with E-state index in [-0.39, 0.29) is 5.91 Å². The second kappa shape index (κ2) is 8.76. The number of fused-ring (bicyclic) bond motifs is 1. The Morgan fingerprint density at radius 3 is 2.59 bits per heavy atom. The molecule has 2 aromatic heterocycles. The number of carbonyl (C=O) groups excluding carboxylic acids is 1. The van der Waals surface area contributed by atoms with Gasteiger partial charge in [-0.1, -0.05) is 23.4 Å². The lowest BCUT2D eigenvalue weighted by molar-refractivity contribution is -0.114. The molecule has 8 nitrogen and oxygen atoms in total. The van der Waals surface area contributed by atoms with Gasteiger partial charge in [0, 0.05) is 61.6 Å². The molecular formula is C24H24N6O2. The van der Waals surface area contributed by atoms with Crippen LogP contribution in [0.4, 0.5) is 11.4 Å². The highest BCUT2D eigenvalue weighted by Crippen LogP contribution is 2.26. The second-order valence-electron chi connectivity index (χ2n) is 7.88. The molecule has 0 bridgehead atoms. The monoisotopic (exact) mass is 428 g/mol. The van der Waals surface area contributed by atoms with Gasteiger partial charge in [-0.3, -0.25) is 14.7 Å². The van der Waals surface area contributed by atoms with Crippen molar-refractivity contribution in [1.82, 2.24) is 20.0 Å². The van der Waals surface area contributed by atoms with E-state index < -0.39 is 0 Å². The third-order valence-electron chi connectivity index (χ3n) is 5.62. The van der Waals surface area contributed by atoms with Crippen molar-refractivity contribution in [3.05, 3.63) is 66.6 Å². The molecule has 162 valence electrons. The Kier molecular flexibility index (Phi) is 5.51. The molecule has 4 aromatic rings. The standard InChI is InChI=1S/C24H24N6O2/c1-17(31)26-19-8-6-18(7-9-19)24-27-23(28-32-24)16-29-12-14-30(15-13-29)22-10-11-25-21-5-3-2-4-20(21)22/h2-11H,12-16H2,1H3,(H,26,31). The van der Waals surface area contributed by atoms with Crippen molar-refractivity contribution in [2.45, 2.75) is 13.5 Å². The first-order valence-electron chi connectivity index (χ1n) is 10.7. The molecule has 0 unspecified atom stereocenters. The van der Waals surface area contributed by atoms with Gasteiger partial charge in [0.25, 0.3) is 5.89 Å². The smallest absolute Gasteiger partial charge is 0.257 e. The third-order valence-corrected chi connectivity index (χ3v) is 5.62. The van der Waals surface area contributed by atoms with E-state index in [1.54, 1.807) is 0 Å². The molecule has 0 saturated carbocycles. The maximum Gasteiger partial charge on any atom is 0.257 e. The maximum absolute atomic E-state index is 11.2. The van der Waals surface area contributed by atoms with Crippen molar-refractivity contribution >= 4 is 28.2 Å². The van der Waals surface area contributed by atoms with E-state index in [2.05, 4.69) is 54.5 Å². The summed E-state index contributed by atoms with van der Waals surface area (Å²) in [6.07, 6.45) is 1.88. The molecule has 2 aromatic carbocycles. The van der Waals surface area contributed by atoms with Crippen LogP contribution >= 0.6 is 0 Å². The average molecular weight is 428 g/mol. The van der Waals surface area contributed by atoms with Gasteiger partial charge in [-0.2, -0.15) is 4.98 Å². The summed E-state index contributed by atoms with van der Waals surface area (Å²) in [6, 6.07) is 17.7. The van der Waals surface area contributed by atoms with Gasteiger partial charge in [-0.15, -0.1) is 0 Å². The minimum Gasteiger partial charge on any atom is -0.368 e. The average Bonchev–Trinajstić information content (AvgIpc) is 3.28. The van der Waals surface area contributed by atoms with Gasteiger partial charge in [0.15, 0.2) is 5.82 Å². The number of benzene rings is 2. The summed E-state index contributed by atoms with van der Waals surface area (Å²) in [4.78, 5) is 24.9. The quantitative estimate of drug-likeness (QED) is 0.520. The molecule has 32 heavy (non-hydrogen) atoms. The SMILES string of the molecule is CC(=O)Nc1ccc(-c2nc(CN3CCN(c4ccnc5ccccc45)CC3)no2)cc1. The van der Waals surface area contributed by atoms with Crippen LogP contribution in [0.1, 0.15) is 12.7 Å². The molecule has 1 aliphatic heterocycles. The molecule has 1 N–H and O–H groups in total. The third kappa shape index (κ3) is 4.31. The number of carbonyl (C=O) groups is 1. The molecule has 1 saturated heterocycles. The van der Waals surface area contributed by atoms with Crippen LogP contribution in [0, 0.1) is 0 Å². The summed E-state index contributed by atoms with van der Waals surface area (Å²) in [5.74, 6) is 1.06. The van der Waals surface area contributed by atoms with Gasteiger partial charge in [0.05, 0.1) is 12.1 Å². The summed E-state index contributed by atoms with van der Waals surface area (Å²) in [7, 11) is 0. The number of rotatable bonds is 5. The number of aromatic nitrogens is 3. The van der Waals surface area contributed by atoms with Crippen LogP contribution in [-0.2, 0) is 11.3 Å². The Morgan fingerprint density at radius 2 is 1.81 bits per heavy atom. The van der Waals surface area contributed by atoms with Crippen molar-refractivity contribution in [3.63, 3.8) is 0 Å². The van der Waals surface area contributed by atoms with Crippen molar-refractivity contribution in [1.29, 1.82) is 0 Å². The zero-order valence-electron chi connectivity index (χ0n) is 17.9. The van der Waals surface area contributed by atoms with E-state index >= 15 is 0 Å². The van der Waals surface area contributed by atoms with Crippen LogP contribution < -0.4 is 10.2 Å². The summed E-state index contributed by atoms with van der Waals surface area (Å²) in [6.45, 7) is 5.85. The topological polar surface area (TPSA) is 87.4 Å². The van der Waals surface area contributed by atoms with Gasteiger partial charge >= 0.3 is 0 Å². The molecule has 8 heteroatoms. The zero-order chi connectivity index (χ0) is 21.9. The Balaban J connectivity index is 1.21. The number of amides is 1. The molecule has 5 rings (SSSR count). The molecule has 1 fully saturated rings. The van der Waals surface area contributed by atoms with Crippen molar-refractivity contribution < 1.29 is 9.32 Å². The van der Waals surface area contributed by atoms with Crippen LogP contribution in [0.5, 0.6) is 0 Å². The lowest BCUT2D eigenvalue weighted by Crippen LogP contribution is -2.46. The van der Waals surface area contributed by atoms with Crippen LogP contribution in [-0.4, -0.2) is 52.1 Å². The Bertz CT molecular complexity index is 1220.